The first-order valence-corrected chi connectivity index (χ1v) is 8.78. The monoisotopic (exact) mass is 343 g/mol. The number of hydrogen-bond donors (Lipinski definition) is 1. The van der Waals surface area contributed by atoms with Gasteiger partial charge in [0.2, 0.25) is 0 Å². The number of tetrazole rings is 1. The maximum Gasteiger partial charge on any atom is 0.261 e. The summed E-state index contributed by atoms with van der Waals surface area (Å²) in [6, 6.07) is 12.0. The Bertz CT molecular complexity index is 995. The van der Waals surface area contributed by atoms with E-state index in [1.165, 1.54) is 4.68 Å². The van der Waals surface area contributed by atoms with Crippen molar-refractivity contribution in [1.29, 1.82) is 0 Å². The zero-order valence-electron chi connectivity index (χ0n) is 13.6. The minimum atomic E-state index is -3.66. The smallest absolute Gasteiger partial charge is 0.261 e. The molecule has 2 aromatic carbocycles. The largest absolute Gasteiger partial charge is 0.280 e. The lowest BCUT2D eigenvalue weighted by molar-refractivity contribution is 0.601. The van der Waals surface area contributed by atoms with Gasteiger partial charge >= 0.3 is 0 Å². The fourth-order valence-electron chi connectivity index (χ4n) is 2.29. The Hall–Kier alpha value is -2.74. The highest BCUT2D eigenvalue weighted by molar-refractivity contribution is 7.92. The summed E-state index contributed by atoms with van der Waals surface area (Å²) in [5.74, 6) is 0.558. The fourth-order valence-corrected chi connectivity index (χ4v) is 3.43. The third-order valence-electron chi connectivity index (χ3n) is 3.78. The molecule has 124 valence electrons. The van der Waals surface area contributed by atoms with E-state index in [2.05, 4.69) is 20.2 Å². The molecular weight excluding hydrogens is 326 g/mol. The number of benzene rings is 2. The molecule has 0 aliphatic carbocycles. The van der Waals surface area contributed by atoms with Gasteiger partial charge in [-0.15, -0.1) is 5.10 Å². The van der Waals surface area contributed by atoms with E-state index in [-0.39, 0.29) is 4.90 Å². The van der Waals surface area contributed by atoms with Crippen molar-refractivity contribution in [2.75, 3.05) is 4.72 Å². The molecule has 8 heteroatoms. The standard InChI is InChI=1S/C16H17N5O2S/c1-11-7-8-15(9-12(11)2)24(22,23)18-14-6-4-5-13(10-14)16-17-19-20-21(16)3/h4-10,18H,1-3H3. The topological polar surface area (TPSA) is 89.8 Å². The first-order chi connectivity index (χ1) is 11.4. The van der Waals surface area contributed by atoms with Crippen LogP contribution in [0.4, 0.5) is 5.69 Å². The Kier molecular flexibility index (Phi) is 4.06. The van der Waals surface area contributed by atoms with Crippen LogP contribution >= 0.6 is 0 Å². The number of aryl methyl sites for hydroxylation is 3. The molecule has 0 aliphatic rings. The van der Waals surface area contributed by atoms with E-state index in [4.69, 9.17) is 0 Å². The second kappa shape index (κ2) is 6.04. The Morgan fingerprint density at radius 3 is 2.50 bits per heavy atom. The number of hydrogen-bond acceptors (Lipinski definition) is 5. The second-order valence-corrected chi connectivity index (χ2v) is 7.24. The van der Waals surface area contributed by atoms with Crippen molar-refractivity contribution in [3.8, 4) is 11.4 Å². The van der Waals surface area contributed by atoms with E-state index >= 15 is 0 Å². The van der Waals surface area contributed by atoms with Crippen LogP contribution in [0.1, 0.15) is 11.1 Å². The molecule has 1 N–H and O–H groups in total. The number of rotatable bonds is 4. The summed E-state index contributed by atoms with van der Waals surface area (Å²) in [4.78, 5) is 0.233. The molecule has 0 unspecified atom stereocenters. The summed E-state index contributed by atoms with van der Waals surface area (Å²) in [5, 5.41) is 11.3. The van der Waals surface area contributed by atoms with Crippen LogP contribution in [-0.2, 0) is 17.1 Å². The highest BCUT2D eigenvalue weighted by atomic mass is 32.2. The minimum Gasteiger partial charge on any atom is -0.280 e. The molecule has 0 spiro atoms. The number of nitrogens with zero attached hydrogens (tertiary/aromatic N) is 4. The summed E-state index contributed by atoms with van der Waals surface area (Å²) in [6.07, 6.45) is 0. The van der Waals surface area contributed by atoms with E-state index in [9.17, 15) is 8.42 Å². The maximum absolute atomic E-state index is 12.6. The fraction of sp³-hybridized carbons (Fsp3) is 0.188. The van der Waals surface area contributed by atoms with Crippen LogP contribution in [0.2, 0.25) is 0 Å². The number of anilines is 1. The zero-order valence-corrected chi connectivity index (χ0v) is 14.4. The molecule has 0 radical (unpaired) electrons. The summed E-state index contributed by atoms with van der Waals surface area (Å²) in [5.41, 5.74) is 3.15. The second-order valence-electron chi connectivity index (χ2n) is 5.56. The molecule has 0 amide bonds. The molecule has 3 rings (SSSR count). The lowest BCUT2D eigenvalue weighted by Gasteiger charge is -2.10. The Balaban J connectivity index is 1.93. The van der Waals surface area contributed by atoms with Crippen molar-refractivity contribution >= 4 is 15.7 Å². The van der Waals surface area contributed by atoms with Gasteiger partial charge < -0.3 is 0 Å². The van der Waals surface area contributed by atoms with Crippen LogP contribution in [0.15, 0.2) is 47.4 Å². The van der Waals surface area contributed by atoms with Crippen LogP contribution in [0, 0.1) is 13.8 Å². The van der Waals surface area contributed by atoms with E-state index in [1.54, 1.807) is 43.4 Å². The molecule has 3 aromatic rings. The molecular formula is C16H17N5O2S. The molecule has 0 atom stereocenters. The first kappa shape index (κ1) is 16.1. The van der Waals surface area contributed by atoms with Crippen LogP contribution in [0.25, 0.3) is 11.4 Å². The lowest BCUT2D eigenvalue weighted by Crippen LogP contribution is -2.13. The number of aromatic nitrogens is 4. The summed E-state index contributed by atoms with van der Waals surface area (Å²) in [7, 11) is -1.93. The average Bonchev–Trinajstić information content (AvgIpc) is 2.96. The van der Waals surface area contributed by atoms with Crippen LogP contribution in [0.5, 0.6) is 0 Å². The van der Waals surface area contributed by atoms with Gasteiger partial charge in [0.05, 0.1) is 4.90 Å². The summed E-state index contributed by atoms with van der Waals surface area (Å²) in [6.45, 7) is 3.83. The molecule has 0 saturated heterocycles. The van der Waals surface area contributed by atoms with Crippen LogP contribution < -0.4 is 4.72 Å². The van der Waals surface area contributed by atoms with Crippen molar-refractivity contribution in [3.63, 3.8) is 0 Å². The van der Waals surface area contributed by atoms with Gasteiger partial charge in [0, 0.05) is 18.3 Å². The highest BCUT2D eigenvalue weighted by Crippen LogP contribution is 2.23. The Morgan fingerprint density at radius 1 is 1.04 bits per heavy atom. The van der Waals surface area contributed by atoms with Crippen molar-refractivity contribution in [2.24, 2.45) is 7.05 Å². The average molecular weight is 343 g/mol. The molecule has 1 heterocycles. The molecule has 24 heavy (non-hydrogen) atoms. The molecule has 0 bridgehead atoms. The highest BCUT2D eigenvalue weighted by Gasteiger charge is 2.16. The number of sulfonamides is 1. The Morgan fingerprint density at radius 2 is 1.83 bits per heavy atom. The third kappa shape index (κ3) is 3.13. The minimum absolute atomic E-state index is 0.233. The molecule has 0 saturated carbocycles. The zero-order chi connectivity index (χ0) is 17.3. The normalized spacial score (nSPS) is 11.5. The van der Waals surface area contributed by atoms with Crippen molar-refractivity contribution < 1.29 is 8.42 Å². The van der Waals surface area contributed by atoms with Gasteiger partial charge in [-0.2, -0.15) is 0 Å². The quantitative estimate of drug-likeness (QED) is 0.785. The molecule has 1 aromatic heterocycles. The van der Waals surface area contributed by atoms with Crippen molar-refractivity contribution in [1.82, 2.24) is 20.2 Å². The first-order valence-electron chi connectivity index (χ1n) is 7.30. The molecule has 0 fully saturated rings. The van der Waals surface area contributed by atoms with E-state index < -0.39 is 10.0 Å². The van der Waals surface area contributed by atoms with Gasteiger partial charge in [0.25, 0.3) is 10.0 Å². The molecule has 0 aliphatic heterocycles. The van der Waals surface area contributed by atoms with Gasteiger partial charge in [-0.05, 0) is 59.7 Å². The van der Waals surface area contributed by atoms with Crippen LogP contribution in [-0.4, -0.2) is 28.6 Å². The summed E-state index contributed by atoms with van der Waals surface area (Å²) >= 11 is 0. The predicted octanol–water partition coefficient (Wildman–Crippen LogP) is 2.29. The van der Waals surface area contributed by atoms with Gasteiger partial charge in [-0.3, -0.25) is 4.72 Å². The van der Waals surface area contributed by atoms with Crippen LogP contribution in [0.3, 0.4) is 0 Å². The summed E-state index contributed by atoms with van der Waals surface area (Å²) < 4.78 is 29.3. The Labute approximate surface area is 140 Å². The van der Waals surface area contributed by atoms with Gasteiger partial charge in [-0.1, -0.05) is 18.2 Å². The SMILES string of the molecule is Cc1ccc(S(=O)(=O)Nc2cccc(-c3nnnn3C)c2)cc1C. The van der Waals surface area contributed by atoms with Crippen molar-refractivity contribution in [2.45, 2.75) is 18.7 Å². The maximum atomic E-state index is 12.6. The van der Waals surface area contributed by atoms with E-state index in [0.29, 0.717) is 11.5 Å². The lowest BCUT2D eigenvalue weighted by atomic mass is 10.1. The van der Waals surface area contributed by atoms with Gasteiger partial charge in [-0.25, -0.2) is 13.1 Å². The third-order valence-corrected chi connectivity index (χ3v) is 5.16. The van der Waals surface area contributed by atoms with Gasteiger partial charge in [0.1, 0.15) is 0 Å². The predicted molar refractivity (Wildman–Crippen MR) is 91.0 cm³/mol. The van der Waals surface area contributed by atoms with Crippen molar-refractivity contribution in [3.05, 3.63) is 53.6 Å². The van der Waals surface area contributed by atoms with Gasteiger partial charge in [0.15, 0.2) is 5.82 Å². The van der Waals surface area contributed by atoms with E-state index in [0.717, 1.165) is 16.7 Å². The number of nitrogens with one attached hydrogen (secondary N) is 1. The molecule has 7 nitrogen and oxygen atoms in total. The van der Waals surface area contributed by atoms with E-state index in [1.807, 2.05) is 19.9 Å².